The van der Waals surface area contributed by atoms with E-state index in [1.165, 1.54) is 17.4 Å². The molecule has 10 heteroatoms. The molecule has 0 aliphatic rings. The molecule has 2 aromatic heterocycles. The monoisotopic (exact) mass is 488 g/mol. The smallest absolute Gasteiger partial charge is 0.407 e. The number of carbonyl (C=O) groups excluding carboxylic acids is 2. The van der Waals surface area contributed by atoms with Crippen molar-refractivity contribution < 1.29 is 19.2 Å². The number of pyridine rings is 1. The van der Waals surface area contributed by atoms with Gasteiger partial charge in [0.05, 0.1) is 4.92 Å². The molecule has 0 unspecified atom stereocenters. The van der Waals surface area contributed by atoms with E-state index in [4.69, 9.17) is 4.74 Å². The molecule has 4 rings (SSSR count). The zero-order chi connectivity index (χ0) is 24.6. The van der Waals surface area contributed by atoms with Gasteiger partial charge in [-0.1, -0.05) is 24.3 Å². The highest BCUT2D eigenvalue weighted by molar-refractivity contribution is 7.13. The zero-order valence-corrected chi connectivity index (χ0v) is 19.2. The van der Waals surface area contributed by atoms with Gasteiger partial charge in [0.25, 0.3) is 11.6 Å². The molecule has 0 fully saturated rings. The predicted octanol–water partition coefficient (Wildman–Crippen LogP) is 5.40. The van der Waals surface area contributed by atoms with Crippen molar-refractivity contribution in [2.75, 3.05) is 5.32 Å². The van der Waals surface area contributed by atoms with Gasteiger partial charge >= 0.3 is 6.09 Å². The molecule has 0 spiro atoms. The lowest BCUT2D eigenvalue weighted by Gasteiger charge is -2.09. The molecular weight excluding hydrogens is 468 g/mol. The van der Waals surface area contributed by atoms with Gasteiger partial charge in [-0.15, -0.1) is 11.3 Å². The average Bonchev–Trinajstić information content (AvgIpc) is 3.42. The van der Waals surface area contributed by atoms with Crippen molar-refractivity contribution in [2.45, 2.75) is 13.2 Å². The number of nitrogens with zero attached hydrogens (tertiary/aromatic N) is 2. The molecule has 2 heterocycles. The van der Waals surface area contributed by atoms with Crippen molar-refractivity contribution in [2.24, 2.45) is 0 Å². The Morgan fingerprint density at radius 1 is 1.03 bits per heavy atom. The molecule has 9 nitrogen and oxygen atoms in total. The summed E-state index contributed by atoms with van der Waals surface area (Å²) >= 11 is 1.50. The number of ether oxygens (including phenoxy) is 1. The van der Waals surface area contributed by atoms with Gasteiger partial charge in [-0.25, -0.2) is 4.79 Å². The fourth-order valence-corrected chi connectivity index (χ4v) is 3.94. The Kier molecular flexibility index (Phi) is 7.44. The van der Waals surface area contributed by atoms with E-state index in [9.17, 15) is 19.7 Å². The van der Waals surface area contributed by atoms with Crippen LogP contribution in [0.5, 0.6) is 0 Å². The summed E-state index contributed by atoms with van der Waals surface area (Å²) in [4.78, 5) is 40.5. The molecule has 35 heavy (non-hydrogen) atoms. The van der Waals surface area contributed by atoms with E-state index in [-0.39, 0.29) is 24.5 Å². The Labute approximate surface area is 204 Å². The van der Waals surface area contributed by atoms with Crippen LogP contribution in [0, 0.1) is 10.1 Å². The Morgan fingerprint density at radius 2 is 1.86 bits per heavy atom. The van der Waals surface area contributed by atoms with Crippen molar-refractivity contribution in [1.29, 1.82) is 0 Å². The third kappa shape index (κ3) is 6.27. The number of benzene rings is 2. The number of alkyl carbamates (subject to hydrolysis) is 1. The second-order valence-electron chi connectivity index (χ2n) is 7.41. The Bertz CT molecular complexity index is 1330. The van der Waals surface area contributed by atoms with Crippen LogP contribution in [0.4, 0.5) is 16.2 Å². The van der Waals surface area contributed by atoms with Gasteiger partial charge in [0.1, 0.15) is 12.3 Å². The number of nitrogens with one attached hydrogen (secondary N) is 2. The Morgan fingerprint density at radius 3 is 2.54 bits per heavy atom. The maximum Gasteiger partial charge on any atom is 0.407 e. The van der Waals surface area contributed by atoms with Gasteiger partial charge in [-0.3, -0.25) is 19.9 Å². The zero-order valence-electron chi connectivity index (χ0n) is 18.3. The Balaban J connectivity index is 1.36. The van der Waals surface area contributed by atoms with Crippen LogP contribution in [-0.4, -0.2) is 21.9 Å². The number of hydrogen-bond donors (Lipinski definition) is 2. The van der Waals surface area contributed by atoms with E-state index >= 15 is 0 Å². The van der Waals surface area contributed by atoms with Crippen LogP contribution in [-0.2, 0) is 17.9 Å². The number of hydrogen-bond acceptors (Lipinski definition) is 7. The number of thiophene rings is 1. The summed E-state index contributed by atoms with van der Waals surface area (Å²) in [5, 5.41) is 18.6. The molecule has 0 aliphatic carbocycles. The van der Waals surface area contributed by atoms with Crippen molar-refractivity contribution in [3.8, 4) is 10.4 Å². The molecule has 0 bridgehead atoms. The third-order valence-corrected chi connectivity index (χ3v) is 5.91. The first-order valence-electron chi connectivity index (χ1n) is 10.5. The van der Waals surface area contributed by atoms with Gasteiger partial charge < -0.3 is 15.4 Å². The highest BCUT2D eigenvalue weighted by atomic mass is 32.1. The van der Waals surface area contributed by atoms with Crippen molar-refractivity contribution in [1.82, 2.24) is 10.3 Å². The van der Waals surface area contributed by atoms with Gasteiger partial charge in [0.15, 0.2) is 0 Å². The van der Waals surface area contributed by atoms with E-state index in [0.29, 0.717) is 5.56 Å². The molecule has 0 saturated carbocycles. The quantitative estimate of drug-likeness (QED) is 0.253. The first-order valence-corrected chi connectivity index (χ1v) is 11.4. The van der Waals surface area contributed by atoms with Crippen molar-refractivity contribution in [3.63, 3.8) is 0 Å². The average molecular weight is 489 g/mol. The number of nitro benzene ring substituents is 1. The largest absolute Gasteiger partial charge is 0.445 e. The van der Waals surface area contributed by atoms with Crippen LogP contribution in [0.15, 0.2) is 84.5 Å². The molecule has 0 saturated heterocycles. The van der Waals surface area contributed by atoms with Crippen LogP contribution in [0.25, 0.3) is 10.4 Å². The number of nitro groups is 1. The van der Waals surface area contributed by atoms with Gasteiger partial charge in [-0.05, 0) is 52.9 Å². The van der Waals surface area contributed by atoms with Crippen molar-refractivity contribution in [3.05, 3.63) is 111 Å². The second kappa shape index (κ2) is 11.0. The maximum atomic E-state index is 12.8. The predicted molar refractivity (Wildman–Crippen MR) is 132 cm³/mol. The second-order valence-corrected chi connectivity index (χ2v) is 8.36. The molecule has 0 atom stereocenters. The summed E-state index contributed by atoms with van der Waals surface area (Å²) in [7, 11) is 0. The number of aromatic nitrogens is 1. The highest BCUT2D eigenvalue weighted by Gasteiger charge is 2.18. The summed E-state index contributed by atoms with van der Waals surface area (Å²) in [6, 6.07) is 18.5. The topological polar surface area (TPSA) is 123 Å². The molecular formula is C25H20N4O5S. The first kappa shape index (κ1) is 23.6. The summed E-state index contributed by atoms with van der Waals surface area (Å²) in [5.41, 5.74) is 2.56. The summed E-state index contributed by atoms with van der Waals surface area (Å²) in [6.45, 7) is 0.320. The molecule has 0 radical (unpaired) electrons. The molecule has 2 amide bonds. The summed E-state index contributed by atoms with van der Waals surface area (Å²) in [6.07, 6.45) is 2.68. The normalized spacial score (nSPS) is 10.4. The standard InChI is InChI=1S/C25H20N4O5S/c30-24(28-21-13-20(23-4-2-12-35-23)9-10-22(21)29(32)33)19-7-5-17(6-8-19)15-27-25(31)34-16-18-3-1-11-26-14-18/h1-14H,15-16H2,(H,27,31)(H,28,30). The van der Waals surface area contributed by atoms with E-state index in [1.54, 1.807) is 60.9 Å². The lowest BCUT2D eigenvalue weighted by atomic mass is 10.1. The van der Waals surface area contributed by atoms with Gasteiger partial charge in [-0.2, -0.15) is 0 Å². The summed E-state index contributed by atoms with van der Waals surface area (Å²) < 4.78 is 5.14. The van der Waals surface area contributed by atoms with Crippen molar-refractivity contribution >= 4 is 34.7 Å². The maximum absolute atomic E-state index is 12.8. The van der Waals surface area contributed by atoms with E-state index in [1.807, 2.05) is 17.5 Å². The molecule has 2 N–H and O–H groups in total. The molecule has 4 aromatic rings. The highest BCUT2D eigenvalue weighted by Crippen LogP contribution is 2.33. The first-order chi connectivity index (χ1) is 17.0. The van der Waals surface area contributed by atoms with Crippen LogP contribution < -0.4 is 10.6 Å². The minimum absolute atomic E-state index is 0.110. The van der Waals surface area contributed by atoms with Crippen LogP contribution in [0.1, 0.15) is 21.5 Å². The summed E-state index contributed by atoms with van der Waals surface area (Å²) in [5.74, 6) is -0.480. The van der Waals surface area contributed by atoms with Crippen LogP contribution >= 0.6 is 11.3 Å². The number of rotatable bonds is 8. The number of carbonyl (C=O) groups is 2. The SMILES string of the molecule is O=C(NCc1ccc(C(=O)Nc2cc(-c3cccs3)ccc2[N+](=O)[O-])cc1)OCc1cccnc1. The molecule has 2 aromatic carbocycles. The third-order valence-electron chi connectivity index (χ3n) is 4.99. The minimum Gasteiger partial charge on any atom is -0.445 e. The van der Waals surface area contributed by atoms with Crippen LogP contribution in [0.3, 0.4) is 0 Å². The molecule has 0 aliphatic heterocycles. The number of anilines is 1. The Hall–Kier alpha value is -4.57. The van der Waals surface area contributed by atoms with Gasteiger partial charge in [0, 0.05) is 41.0 Å². The van der Waals surface area contributed by atoms with E-state index < -0.39 is 16.9 Å². The van der Waals surface area contributed by atoms with E-state index in [0.717, 1.165) is 21.6 Å². The lowest BCUT2D eigenvalue weighted by molar-refractivity contribution is -0.383. The molecule has 176 valence electrons. The minimum atomic E-state index is -0.575. The lowest BCUT2D eigenvalue weighted by Crippen LogP contribution is -2.23. The van der Waals surface area contributed by atoms with E-state index in [2.05, 4.69) is 15.6 Å². The fourth-order valence-electron chi connectivity index (χ4n) is 3.22. The van der Waals surface area contributed by atoms with Crippen LogP contribution in [0.2, 0.25) is 0 Å². The number of amides is 2. The van der Waals surface area contributed by atoms with Gasteiger partial charge in [0.2, 0.25) is 0 Å². The fraction of sp³-hybridized carbons (Fsp3) is 0.0800.